The first-order chi connectivity index (χ1) is 19.9. The maximum absolute atomic E-state index is 13.9. The molecule has 1 aliphatic heterocycles. The Kier molecular flexibility index (Phi) is 8.04. The van der Waals surface area contributed by atoms with E-state index in [1.54, 1.807) is 31.2 Å². The van der Waals surface area contributed by atoms with Gasteiger partial charge in [-0.25, -0.2) is 0 Å². The molecule has 0 unspecified atom stereocenters. The van der Waals surface area contributed by atoms with Gasteiger partial charge in [0.1, 0.15) is 10.6 Å². The van der Waals surface area contributed by atoms with E-state index in [0.717, 1.165) is 39.0 Å². The van der Waals surface area contributed by atoms with Crippen LogP contribution in [0.2, 0.25) is 0 Å². The summed E-state index contributed by atoms with van der Waals surface area (Å²) in [4.78, 5) is 42.4. The van der Waals surface area contributed by atoms with Crippen LogP contribution in [0.15, 0.2) is 69.4 Å². The Morgan fingerprint density at radius 2 is 1.40 bits per heavy atom. The molecule has 1 aliphatic rings. The number of hydrogen-bond acceptors (Lipinski definition) is 9. The van der Waals surface area contributed by atoms with Crippen molar-refractivity contribution in [3.8, 4) is 0 Å². The molecule has 0 radical (unpaired) electrons. The fourth-order valence-corrected chi connectivity index (χ4v) is 6.58. The number of hydrogen-bond donors (Lipinski definition) is 0. The summed E-state index contributed by atoms with van der Waals surface area (Å²) >= 11 is 8.22. The van der Waals surface area contributed by atoms with Crippen molar-refractivity contribution < 1.29 is 14.5 Å². The lowest BCUT2D eigenvalue weighted by Gasteiger charge is -2.37. The molecule has 0 aliphatic carbocycles. The topological polar surface area (TPSA) is 110 Å². The maximum Gasteiger partial charge on any atom is 0.283 e. The van der Waals surface area contributed by atoms with Crippen LogP contribution >= 0.6 is 35.3 Å². The van der Waals surface area contributed by atoms with Gasteiger partial charge in [-0.3, -0.25) is 29.5 Å². The van der Waals surface area contributed by atoms with Gasteiger partial charge in [-0.1, -0.05) is 41.3 Å². The van der Waals surface area contributed by atoms with E-state index >= 15 is 0 Å². The largest absolute Gasteiger partial charge is 0.283 e. The van der Waals surface area contributed by atoms with Crippen molar-refractivity contribution in [3.05, 3.63) is 103 Å². The number of benzene rings is 3. The molecule has 12 heteroatoms. The molecule has 9 nitrogen and oxygen atoms in total. The molecular weight excluding hydrogens is 591 g/mol. The summed E-state index contributed by atoms with van der Waals surface area (Å²) in [5.74, 6) is -1.22. The van der Waals surface area contributed by atoms with Crippen LogP contribution < -0.4 is 9.80 Å². The van der Waals surface area contributed by atoms with E-state index in [9.17, 15) is 19.7 Å². The number of nitrogens with zero attached hydrogens (tertiary/aromatic N) is 5. The standard InChI is InChI=1S/C30H25N5O4S3/c1-16-6-9-22(12-18(16)3)33-27(36)24(28(37)34(30(33)40)23-10-7-17(2)19(4)13-23)14-21-8-11-26(25(15-21)35(38)39)42-29-32-31-20(5)41-29/h6-15H,1-5H3. The Morgan fingerprint density at radius 3 is 1.88 bits per heavy atom. The summed E-state index contributed by atoms with van der Waals surface area (Å²) in [6.07, 6.45) is 1.38. The SMILES string of the molecule is Cc1nnc(Sc2ccc(C=C3C(=O)N(c4ccc(C)c(C)c4)C(=S)N(c4ccc(C)c(C)c4)C3=O)cc2[N+](=O)[O-])s1. The molecule has 2 heterocycles. The number of nitro groups is 1. The van der Waals surface area contributed by atoms with Crippen molar-refractivity contribution >= 4 is 75.4 Å². The summed E-state index contributed by atoms with van der Waals surface area (Å²) in [6, 6.07) is 15.6. The second-order valence-electron chi connectivity index (χ2n) is 9.83. The lowest BCUT2D eigenvalue weighted by atomic mass is 10.0. The van der Waals surface area contributed by atoms with Crippen LogP contribution in [-0.2, 0) is 9.59 Å². The van der Waals surface area contributed by atoms with Crippen LogP contribution in [0.25, 0.3) is 6.08 Å². The predicted octanol–water partition coefficient (Wildman–Crippen LogP) is 6.89. The maximum atomic E-state index is 13.9. The first-order valence-corrected chi connectivity index (χ1v) is 14.8. The number of rotatable bonds is 6. The number of carbonyl (C=O) groups is 2. The van der Waals surface area contributed by atoms with Crippen LogP contribution in [0, 0.1) is 44.7 Å². The molecule has 0 N–H and O–H groups in total. The number of carbonyl (C=O) groups excluding carboxylic acids is 2. The molecule has 3 aromatic carbocycles. The minimum absolute atomic E-state index is 0.0266. The van der Waals surface area contributed by atoms with Crippen molar-refractivity contribution in [2.75, 3.05) is 9.80 Å². The first kappa shape index (κ1) is 29.2. The van der Waals surface area contributed by atoms with Gasteiger partial charge < -0.3 is 0 Å². The zero-order chi connectivity index (χ0) is 30.3. The minimum Gasteiger partial charge on any atom is -0.268 e. The van der Waals surface area contributed by atoms with E-state index in [0.29, 0.717) is 26.2 Å². The van der Waals surface area contributed by atoms with Gasteiger partial charge in [-0.05, 0) is 111 Å². The Bertz CT molecular complexity index is 1760. The van der Waals surface area contributed by atoms with E-state index in [2.05, 4.69) is 10.2 Å². The lowest BCUT2D eigenvalue weighted by molar-refractivity contribution is -0.387. The van der Waals surface area contributed by atoms with Crippen LogP contribution in [0.1, 0.15) is 32.8 Å². The third-order valence-electron chi connectivity index (χ3n) is 6.94. The highest BCUT2D eigenvalue weighted by Gasteiger charge is 2.41. The molecule has 212 valence electrons. The zero-order valence-corrected chi connectivity index (χ0v) is 25.8. The van der Waals surface area contributed by atoms with Crippen molar-refractivity contribution in [1.82, 2.24) is 10.2 Å². The smallest absolute Gasteiger partial charge is 0.268 e. The van der Waals surface area contributed by atoms with Gasteiger partial charge in [0.2, 0.25) is 0 Å². The summed E-state index contributed by atoms with van der Waals surface area (Å²) in [6.45, 7) is 9.60. The molecule has 5 rings (SSSR count). The molecule has 42 heavy (non-hydrogen) atoms. The fourth-order valence-electron chi connectivity index (χ4n) is 4.35. The summed E-state index contributed by atoms with van der Waals surface area (Å²) in [5, 5.41) is 20.8. The van der Waals surface area contributed by atoms with Gasteiger partial charge in [-0.15, -0.1) is 10.2 Å². The van der Waals surface area contributed by atoms with E-state index in [1.165, 1.54) is 33.3 Å². The average molecular weight is 616 g/mol. The molecule has 1 aromatic heterocycles. The molecular formula is C30H25N5O4S3. The van der Waals surface area contributed by atoms with Crippen molar-refractivity contribution in [3.63, 3.8) is 0 Å². The molecule has 0 bridgehead atoms. The van der Waals surface area contributed by atoms with E-state index in [4.69, 9.17) is 12.2 Å². The number of nitro benzene ring substituents is 1. The van der Waals surface area contributed by atoms with E-state index in [-0.39, 0.29) is 16.4 Å². The minimum atomic E-state index is -0.612. The van der Waals surface area contributed by atoms with Crippen LogP contribution in [0.4, 0.5) is 17.1 Å². The highest BCUT2D eigenvalue weighted by molar-refractivity contribution is 8.01. The molecule has 4 aromatic rings. The number of amides is 2. The van der Waals surface area contributed by atoms with E-state index in [1.807, 2.05) is 52.0 Å². The normalized spacial score (nSPS) is 13.6. The third-order valence-corrected chi connectivity index (χ3v) is 9.26. The highest BCUT2D eigenvalue weighted by atomic mass is 32.2. The van der Waals surface area contributed by atoms with Crippen LogP contribution in [0.5, 0.6) is 0 Å². The van der Waals surface area contributed by atoms with E-state index < -0.39 is 16.7 Å². The molecule has 0 atom stereocenters. The molecule has 0 spiro atoms. The average Bonchev–Trinajstić information content (AvgIpc) is 3.35. The van der Waals surface area contributed by atoms with Gasteiger partial charge in [0.25, 0.3) is 17.5 Å². The Morgan fingerprint density at radius 1 is 0.833 bits per heavy atom. The van der Waals surface area contributed by atoms with Gasteiger partial charge in [0.15, 0.2) is 9.45 Å². The monoisotopic (exact) mass is 615 g/mol. The van der Waals surface area contributed by atoms with Crippen LogP contribution in [-0.4, -0.2) is 32.0 Å². The highest BCUT2D eigenvalue weighted by Crippen LogP contribution is 2.38. The summed E-state index contributed by atoms with van der Waals surface area (Å²) in [5.41, 5.74) is 5.01. The molecule has 1 fully saturated rings. The van der Waals surface area contributed by atoms with Gasteiger partial charge in [0.05, 0.1) is 21.2 Å². The predicted molar refractivity (Wildman–Crippen MR) is 169 cm³/mol. The van der Waals surface area contributed by atoms with Crippen molar-refractivity contribution in [2.24, 2.45) is 0 Å². The second kappa shape index (κ2) is 11.6. The van der Waals surface area contributed by atoms with Gasteiger partial charge in [0, 0.05) is 6.07 Å². The number of aromatic nitrogens is 2. The number of aryl methyl sites for hydroxylation is 5. The Hall–Kier alpha value is -4.26. The van der Waals surface area contributed by atoms with Gasteiger partial charge in [-0.2, -0.15) is 0 Å². The molecule has 0 saturated carbocycles. The fraction of sp³-hybridized carbons (Fsp3) is 0.167. The molecule has 1 saturated heterocycles. The first-order valence-electron chi connectivity index (χ1n) is 12.8. The Balaban J connectivity index is 1.62. The molecule has 2 amide bonds. The Labute approximate surface area is 256 Å². The quantitative estimate of drug-likeness (QED) is 0.0759. The second-order valence-corrected chi connectivity index (χ2v) is 12.7. The zero-order valence-electron chi connectivity index (χ0n) is 23.4. The number of anilines is 2. The third kappa shape index (κ3) is 5.60. The van der Waals surface area contributed by atoms with Gasteiger partial charge >= 0.3 is 0 Å². The lowest BCUT2D eigenvalue weighted by Crippen LogP contribution is -2.57. The number of thiocarbonyl (C=S) groups is 1. The summed E-state index contributed by atoms with van der Waals surface area (Å²) < 4.78 is 0.570. The summed E-state index contributed by atoms with van der Waals surface area (Å²) in [7, 11) is 0. The van der Waals surface area contributed by atoms with Crippen molar-refractivity contribution in [1.29, 1.82) is 0 Å². The van der Waals surface area contributed by atoms with Crippen LogP contribution in [0.3, 0.4) is 0 Å². The van der Waals surface area contributed by atoms with Crippen molar-refractivity contribution in [2.45, 2.75) is 43.9 Å².